The van der Waals surface area contributed by atoms with Gasteiger partial charge in [-0.2, -0.15) is 0 Å². The highest BCUT2D eigenvalue weighted by molar-refractivity contribution is 7.19. The Bertz CT molecular complexity index is 741. The van der Waals surface area contributed by atoms with Crippen LogP contribution >= 0.6 is 22.7 Å². The second kappa shape index (κ2) is 8.48. The zero-order chi connectivity index (χ0) is 18.7. The highest BCUT2D eigenvalue weighted by Gasteiger charge is 2.22. The monoisotopic (exact) mass is 392 g/mol. The van der Waals surface area contributed by atoms with Crippen molar-refractivity contribution in [2.75, 3.05) is 23.3 Å². The van der Waals surface area contributed by atoms with Gasteiger partial charge in [0.2, 0.25) is 10.3 Å². The Hall–Kier alpha value is -1.47. The topological polar surface area (TPSA) is 58.1 Å². The number of aromatic nitrogens is 2. The van der Waals surface area contributed by atoms with Gasteiger partial charge in [-0.1, -0.05) is 39.0 Å². The molecule has 1 N–H and O–H groups in total. The zero-order valence-corrected chi connectivity index (χ0v) is 17.7. The average Bonchev–Trinajstić information content (AvgIpc) is 3.20. The van der Waals surface area contributed by atoms with Crippen LogP contribution in [-0.4, -0.2) is 29.2 Å². The molecule has 26 heavy (non-hydrogen) atoms. The number of rotatable bonds is 7. The maximum atomic E-state index is 12.7. The van der Waals surface area contributed by atoms with Gasteiger partial charge in [-0.25, -0.2) is 0 Å². The van der Waals surface area contributed by atoms with Crippen molar-refractivity contribution in [2.24, 2.45) is 11.8 Å². The molecule has 0 spiro atoms. The fourth-order valence-electron chi connectivity index (χ4n) is 3.35. The Balaban J connectivity index is 1.71. The average molecular weight is 393 g/mol. The van der Waals surface area contributed by atoms with E-state index in [-0.39, 0.29) is 5.91 Å². The van der Waals surface area contributed by atoms with Crippen LogP contribution in [0.5, 0.6) is 0 Å². The molecule has 0 atom stereocenters. The molecule has 0 fully saturated rings. The number of nitrogens with one attached hydrogen (secondary N) is 1. The molecular weight excluding hydrogens is 364 g/mol. The smallest absolute Gasteiger partial charge is 0.258 e. The summed E-state index contributed by atoms with van der Waals surface area (Å²) in [6, 6.07) is 0. The first-order valence-electron chi connectivity index (χ1n) is 9.43. The summed E-state index contributed by atoms with van der Waals surface area (Å²) in [4.78, 5) is 16.4. The van der Waals surface area contributed by atoms with Gasteiger partial charge in [0.15, 0.2) is 0 Å². The van der Waals surface area contributed by atoms with Crippen LogP contribution in [0, 0.1) is 11.8 Å². The van der Waals surface area contributed by atoms with Crippen LogP contribution in [-0.2, 0) is 12.8 Å². The van der Waals surface area contributed by atoms with E-state index in [1.807, 2.05) is 5.38 Å². The molecule has 0 aliphatic heterocycles. The van der Waals surface area contributed by atoms with Crippen LogP contribution in [0.15, 0.2) is 5.38 Å². The lowest BCUT2D eigenvalue weighted by atomic mass is 9.96. The molecule has 0 bridgehead atoms. The van der Waals surface area contributed by atoms with Crippen molar-refractivity contribution in [2.45, 2.75) is 53.4 Å². The van der Waals surface area contributed by atoms with Crippen LogP contribution < -0.4 is 10.2 Å². The molecule has 142 valence electrons. The van der Waals surface area contributed by atoms with Crippen molar-refractivity contribution in [3.8, 4) is 0 Å². The Morgan fingerprint density at radius 3 is 2.54 bits per heavy atom. The minimum atomic E-state index is -0.0497. The SMILES string of the molecule is CC(C)CN(CC(C)C)c1nnc(NC(=O)c2csc3c2CCCC3)s1. The lowest BCUT2D eigenvalue weighted by molar-refractivity contribution is 0.102. The number of amides is 1. The van der Waals surface area contributed by atoms with Crippen LogP contribution in [0.3, 0.4) is 0 Å². The molecule has 0 saturated heterocycles. The van der Waals surface area contributed by atoms with E-state index in [4.69, 9.17) is 0 Å². The number of aryl methyl sites for hydroxylation is 1. The molecule has 2 heterocycles. The van der Waals surface area contributed by atoms with E-state index in [0.717, 1.165) is 36.6 Å². The summed E-state index contributed by atoms with van der Waals surface area (Å²) >= 11 is 3.18. The maximum Gasteiger partial charge on any atom is 0.258 e. The van der Waals surface area contributed by atoms with E-state index in [9.17, 15) is 4.79 Å². The number of carbonyl (C=O) groups is 1. The Labute approximate surface area is 163 Å². The summed E-state index contributed by atoms with van der Waals surface area (Å²) < 4.78 is 0. The lowest BCUT2D eigenvalue weighted by Gasteiger charge is -2.25. The summed E-state index contributed by atoms with van der Waals surface area (Å²) in [5.41, 5.74) is 2.06. The second-order valence-electron chi connectivity index (χ2n) is 7.79. The van der Waals surface area contributed by atoms with Crippen molar-refractivity contribution in [3.05, 3.63) is 21.4 Å². The van der Waals surface area contributed by atoms with Crippen molar-refractivity contribution in [1.29, 1.82) is 0 Å². The fraction of sp³-hybridized carbons (Fsp3) is 0.632. The number of thiophene rings is 1. The largest absolute Gasteiger partial charge is 0.346 e. The minimum Gasteiger partial charge on any atom is -0.346 e. The maximum absolute atomic E-state index is 12.7. The van der Waals surface area contributed by atoms with Crippen LogP contribution in [0.4, 0.5) is 10.3 Å². The first kappa shape index (κ1) is 19.3. The van der Waals surface area contributed by atoms with Gasteiger partial charge in [0.25, 0.3) is 5.91 Å². The molecule has 1 aliphatic rings. The second-order valence-corrected chi connectivity index (χ2v) is 9.71. The number of carbonyl (C=O) groups excluding carboxylic acids is 1. The molecule has 3 rings (SSSR count). The highest BCUT2D eigenvalue weighted by Crippen LogP contribution is 2.31. The molecule has 0 unspecified atom stereocenters. The van der Waals surface area contributed by atoms with Gasteiger partial charge in [0.1, 0.15) is 0 Å². The van der Waals surface area contributed by atoms with Gasteiger partial charge in [-0.3, -0.25) is 10.1 Å². The Kier molecular flexibility index (Phi) is 6.29. The molecule has 0 saturated carbocycles. The summed E-state index contributed by atoms with van der Waals surface area (Å²) in [5, 5.41) is 15.0. The first-order valence-corrected chi connectivity index (χ1v) is 11.1. The third kappa shape index (κ3) is 4.62. The van der Waals surface area contributed by atoms with Crippen molar-refractivity contribution < 1.29 is 4.79 Å². The normalized spacial score (nSPS) is 13.9. The quantitative estimate of drug-likeness (QED) is 0.732. The number of hydrogen-bond donors (Lipinski definition) is 1. The molecule has 5 nitrogen and oxygen atoms in total. The van der Waals surface area contributed by atoms with E-state index in [0.29, 0.717) is 17.0 Å². The lowest BCUT2D eigenvalue weighted by Crippen LogP contribution is -2.31. The van der Waals surface area contributed by atoms with E-state index in [2.05, 4.69) is 48.1 Å². The molecular formula is C19H28N4OS2. The van der Waals surface area contributed by atoms with E-state index in [1.165, 1.54) is 34.6 Å². The number of fused-ring (bicyclic) bond motifs is 1. The van der Waals surface area contributed by atoms with Gasteiger partial charge in [-0.05, 0) is 43.1 Å². The van der Waals surface area contributed by atoms with Crippen LogP contribution in [0.2, 0.25) is 0 Å². The molecule has 0 radical (unpaired) electrons. The molecule has 1 aliphatic carbocycles. The summed E-state index contributed by atoms with van der Waals surface area (Å²) in [5.74, 6) is 1.05. The molecule has 2 aromatic heterocycles. The van der Waals surface area contributed by atoms with Gasteiger partial charge in [-0.15, -0.1) is 21.5 Å². The van der Waals surface area contributed by atoms with Crippen molar-refractivity contribution >= 4 is 38.8 Å². The van der Waals surface area contributed by atoms with Crippen LogP contribution in [0.25, 0.3) is 0 Å². The Morgan fingerprint density at radius 2 is 1.85 bits per heavy atom. The molecule has 0 aromatic carbocycles. The predicted octanol–water partition coefficient (Wildman–Crippen LogP) is 4.85. The zero-order valence-electron chi connectivity index (χ0n) is 16.0. The third-order valence-electron chi connectivity index (χ3n) is 4.38. The van der Waals surface area contributed by atoms with E-state index < -0.39 is 0 Å². The number of anilines is 2. The highest BCUT2D eigenvalue weighted by atomic mass is 32.1. The van der Waals surface area contributed by atoms with Crippen molar-refractivity contribution in [1.82, 2.24) is 10.2 Å². The first-order chi connectivity index (χ1) is 12.4. The van der Waals surface area contributed by atoms with Gasteiger partial charge < -0.3 is 4.90 Å². The number of nitrogens with zero attached hydrogens (tertiary/aromatic N) is 3. The minimum absolute atomic E-state index is 0.0497. The van der Waals surface area contributed by atoms with Crippen LogP contribution in [0.1, 0.15) is 61.3 Å². The van der Waals surface area contributed by atoms with Gasteiger partial charge in [0.05, 0.1) is 5.56 Å². The molecule has 1 amide bonds. The summed E-state index contributed by atoms with van der Waals surface area (Å²) in [7, 11) is 0. The van der Waals surface area contributed by atoms with E-state index in [1.54, 1.807) is 11.3 Å². The predicted molar refractivity (Wildman–Crippen MR) is 111 cm³/mol. The van der Waals surface area contributed by atoms with Gasteiger partial charge >= 0.3 is 0 Å². The van der Waals surface area contributed by atoms with Crippen molar-refractivity contribution in [3.63, 3.8) is 0 Å². The summed E-state index contributed by atoms with van der Waals surface area (Å²) in [6.07, 6.45) is 4.53. The Morgan fingerprint density at radius 1 is 1.15 bits per heavy atom. The standard InChI is InChI=1S/C19H28N4OS2/c1-12(2)9-23(10-13(3)4)19-22-21-18(26-19)20-17(24)15-11-25-16-8-6-5-7-14(15)16/h11-13H,5-10H2,1-4H3,(H,20,21,24). The third-order valence-corrected chi connectivity index (χ3v) is 6.37. The van der Waals surface area contributed by atoms with Gasteiger partial charge in [0, 0.05) is 23.3 Å². The fourth-order valence-corrected chi connectivity index (χ4v) is 5.24. The summed E-state index contributed by atoms with van der Waals surface area (Å²) in [6.45, 7) is 10.7. The van der Waals surface area contributed by atoms with E-state index >= 15 is 0 Å². The number of hydrogen-bond acceptors (Lipinski definition) is 6. The molecule has 7 heteroatoms. The molecule has 2 aromatic rings.